The maximum Gasteiger partial charge on any atom is 0.534 e. The Kier molecular flexibility index (Phi) is 6.58. The van der Waals surface area contributed by atoms with Crippen LogP contribution in [0.2, 0.25) is 0 Å². The first-order chi connectivity index (χ1) is 11.4. The summed E-state index contributed by atoms with van der Waals surface area (Å²) in [5.74, 6) is -3.50. The van der Waals surface area contributed by atoms with E-state index in [-0.39, 0.29) is 17.5 Å². The van der Waals surface area contributed by atoms with Crippen LogP contribution in [0.5, 0.6) is 0 Å². The third kappa shape index (κ3) is 4.94. The molecule has 0 fully saturated rings. The van der Waals surface area contributed by atoms with Crippen LogP contribution in [-0.4, -0.2) is 27.0 Å². The lowest BCUT2D eigenvalue weighted by Gasteiger charge is -2.17. The van der Waals surface area contributed by atoms with Crippen LogP contribution >= 0.6 is 0 Å². The summed E-state index contributed by atoms with van der Waals surface area (Å²) >= 11 is 0. The summed E-state index contributed by atoms with van der Waals surface area (Å²) in [4.78, 5) is 12.0. The molecule has 0 bridgehead atoms. The summed E-state index contributed by atoms with van der Waals surface area (Å²) in [6, 6.07) is 3.82. The van der Waals surface area contributed by atoms with E-state index in [1.54, 1.807) is 0 Å². The number of carbonyl (C=O) groups excluding carboxylic acids is 1. The molecule has 1 atom stereocenters. The molecule has 5 nitrogen and oxygen atoms in total. The lowest BCUT2D eigenvalue weighted by Crippen LogP contribution is -2.25. The second kappa shape index (κ2) is 7.85. The van der Waals surface area contributed by atoms with Crippen molar-refractivity contribution in [3.05, 3.63) is 47.0 Å². The zero-order valence-electron chi connectivity index (χ0n) is 13.6. The number of hydrogen-bond acceptors (Lipinski definition) is 5. The Bertz CT molecular complexity index is 769. The molecule has 0 heterocycles. The van der Waals surface area contributed by atoms with E-state index in [1.165, 1.54) is 26.0 Å². The molecule has 0 radical (unpaired) electrons. The van der Waals surface area contributed by atoms with Gasteiger partial charge in [-0.25, -0.2) is 4.39 Å². The van der Waals surface area contributed by atoms with Crippen molar-refractivity contribution >= 4 is 16.1 Å². The number of halogens is 4. The van der Waals surface area contributed by atoms with E-state index in [4.69, 9.17) is 0 Å². The van der Waals surface area contributed by atoms with E-state index in [0.29, 0.717) is 0 Å². The summed E-state index contributed by atoms with van der Waals surface area (Å²) in [6.07, 6.45) is 0.619. The molecule has 1 aromatic rings. The van der Waals surface area contributed by atoms with E-state index < -0.39 is 39.1 Å². The SMILES string of the molecule is CC/C(=C\[C@H](C(=O)OC)c1cccc(F)c1C)OS(=O)(=O)C(F)(F)F. The standard InChI is InChI=1S/C15H16F4O5S/c1-4-10(24-25(21,22)15(17,18)19)8-12(14(20)23-3)11-6-5-7-13(16)9(11)2/h5-8,12H,4H2,1-3H3/b10-8+/t12-/m0/s1. The topological polar surface area (TPSA) is 69.7 Å². The van der Waals surface area contributed by atoms with E-state index in [9.17, 15) is 30.8 Å². The molecule has 140 valence electrons. The third-order valence-corrected chi connectivity index (χ3v) is 4.30. The van der Waals surface area contributed by atoms with Gasteiger partial charge in [-0.15, -0.1) is 0 Å². The fourth-order valence-corrected chi connectivity index (χ4v) is 2.50. The van der Waals surface area contributed by atoms with Gasteiger partial charge in [-0.1, -0.05) is 19.1 Å². The molecular formula is C15H16F4O5S. The highest BCUT2D eigenvalue weighted by Gasteiger charge is 2.48. The molecule has 0 unspecified atom stereocenters. The van der Waals surface area contributed by atoms with Crippen LogP contribution in [0, 0.1) is 12.7 Å². The predicted octanol–water partition coefficient (Wildman–Crippen LogP) is 3.55. The molecule has 0 amide bonds. The van der Waals surface area contributed by atoms with Crippen molar-refractivity contribution in [1.29, 1.82) is 0 Å². The third-order valence-electron chi connectivity index (χ3n) is 3.30. The molecule has 1 aromatic carbocycles. The number of benzene rings is 1. The zero-order valence-corrected chi connectivity index (χ0v) is 14.4. The molecule has 0 N–H and O–H groups in total. The molecule has 0 saturated heterocycles. The minimum Gasteiger partial charge on any atom is -0.468 e. The van der Waals surface area contributed by atoms with E-state index in [0.717, 1.165) is 19.3 Å². The number of hydrogen-bond donors (Lipinski definition) is 0. The van der Waals surface area contributed by atoms with Gasteiger partial charge in [0.2, 0.25) is 0 Å². The smallest absolute Gasteiger partial charge is 0.468 e. The van der Waals surface area contributed by atoms with Crippen LogP contribution < -0.4 is 0 Å². The van der Waals surface area contributed by atoms with Crippen molar-refractivity contribution in [1.82, 2.24) is 0 Å². The molecule has 0 saturated carbocycles. The van der Waals surface area contributed by atoms with Crippen molar-refractivity contribution in [3.63, 3.8) is 0 Å². The Morgan fingerprint density at radius 3 is 2.40 bits per heavy atom. The second-order valence-corrected chi connectivity index (χ2v) is 6.46. The Labute approximate surface area is 142 Å². The van der Waals surface area contributed by atoms with Crippen molar-refractivity contribution in [2.45, 2.75) is 31.7 Å². The minimum atomic E-state index is -5.88. The van der Waals surface area contributed by atoms with Crippen molar-refractivity contribution < 1.29 is 39.7 Å². The maximum atomic E-state index is 13.7. The Balaban J connectivity index is 3.38. The highest BCUT2D eigenvalue weighted by atomic mass is 32.2. The van der Waals surface area contributed by atoms with Crippen LogP contribution in [-0.2, 0) is 23.8 Å². The highest BCUT2D eigenvalue weighted by Crippen LogP contribution is 2.30. The van der Waals surface area contributed by atoms with Crippen molar-refractivity contribution in [2.24, 2.45) is 0 Å². The molecule has 25 heavy (non-hydrogen) atoms. The first kappa shape index (κ1) is 20.9. The molecule has 10 heteroatoms. The first-order valence-electron chi connectivity index (χ1n) is 6.98. The second-order valence-electron chi connectivity index (χ2n) is 4.92. The Hall–Kier alpha value is -2.10. The number of alkyl halides is 3. The van der Waals surface area contributed by atoms with Crippen molar-refractivity contribution in [2.75, 3.05) is 7.11 Å². The quantitative estimate of drug-likeness (QED) is 0.247. The molecule has 0 spiro atoms. The summed E-state index contributed by atoms with van der Waals surface area (Å²) in [7, 11) is -4.84. The van der Waals surface area contributed by atoms with Gasteiger partial charge in [0.05, 0.1) is 7.11 Å². The number of methoxy groups -OCH3 is 1. The first-order valence-corrected chi connectivity index (χ1v) is 8.39. The minimum absolute atomic E-state index is 0.0725. The number of rotatable bonds is 6. The average molecular weight is 384 g/mol. The van der Waals surface area contributed by atoms with Gasteiger partial charge in [0.25, 0.3) is 0 Å². The van der Waals surface area contributed by atoms with Gasteiger partial charge < -0.3 is 8.92 Å². The number of ether oxygens (including phenoxy) is 1. The van der Waals surface area contributed by atoms with Crippen LogP contribution in [0.4, 0.5) is 17.6 Å². The van der Waals surface area contributed by atoms with Crippen molar-refractivity contribution in [3.8, 4) is 0 Å². The highest BCUT2D eigenvalue weighted by molar-refractivity contribution is 7.87. The molecule has 1 rings (SSSR count). The summed E-state index contributed by atoms with van der Waals surface area (Å²) < 4.78 is 82.0. The van der Waals surface area contributed by atoms with Crippen LogP contribution in [0.15, 0.2) is 30.0 Å². The molecular weight excluding hydrogens is 368 g/mol. The van der Waals surface area contributed by atoms with Gasteiger partial charge in [-0.3, -0.25) is 4.79 Å². The van der Waals surface area contributed by atoms with E-state index in [1.807, 2.05) is 0 Å². The maximum absolute atomic E-state index is 13.7. The van der Waals surface area contributed by atoms with Gasteiger partial charge in [0.15, 0.2) is 0 Å². The fourth-order valence-electron chi connectivity index (χ4n) is 1.95. The van der Waals surface area contributed by atoms with Crippen LogP contribution in [0.25, 0.3) is 0 Å². The van der Waals surface area contributed by atoms with E-state index >= 15 is 0 Å². The number of esters is 1. The average Bonchev–Trinajstić information content (AvgIpc) is 2.52. The normalized spacial score (nSPS) is 14.1. The summed E-state index contributed by atoms with van der Waals surface area (Å²) in [5.41, 5.74) is -5.43. The van der Waals surface area contributed by atoms with Gasteiger partial charge in [0.1, 0.15) is 17.5 Å². The lowest BCUT2D eigenvalue weighted by molar-refractivity contribution is -0.141. The van der Waals surface area contributed by atoms with Crippen LogP contribution in [0.1, 0.15) is 30.4 Å². The van der Waals surface area contributed by atoms with E-state index in [2.05, 4.69) is 8.92 Å². The zero-order chi connectivity index (χ0) is 19.4. The molecule has 0 aliphatic heterocycles. The Morgan fingerprint density at radius 1 is 1.32 bits per heavy atom. The van der Waals surface area contributed by atoms with Gasteiger partial charge in [-0.05, 0) is 30.2 Å². The molecule has 0 aliphatic rings. The summed E-state index contributed by atoms with van der Waals surface area (Å²) in [5, 5.41) is 0. The monoisotopic (exact) mass is 384 g/mol. The molecule has 0 aromatic heterocycles. The Morgan fingerprint density at radius 2 is 1.92 bits per heavy atom. The van der Waals surface area contributed by atoms with Gasteiger partial charge in [0, 0.05) is 6.42 Å². The lowest BCUT2D eigenvalue weighted by atomic mass is 9.93. The predicted molar refractivity (Wildman–Crippen MR) is 80.3 cm³/mol. The number of allylic oxidation sites excluding steroid dienone is 1. The fraction of sp³-hybridized carbons (Fsp3) is 0.400. The van der Waals surface area contributed by atoms with Gasteiger partial charge in [-0.2, -0.15) is 21.6 Å². The van der Waals surface area contributed by atoms with Gasteiger partial charge >= 0.3 is 21.6 Å². The molecule has 0 aliphatic carbocycles. The summed E-state index contributed by atoms with van der Waals surface area (Å²) in [6.45, 7) is 2.71. The number of carbonyl (C=O) groups is 1. The largest absolute Gasteiger partial charge is 0.534 e. The van der Waals surface area contributed by atoms with Crippen LogP contribution in [0.3, 0.4) is 0 Å².